The van der Waals surface area contributed by atoms with Gasteiger partial charge >= 0.3 is 0 Å². The molecule has 0 saturated heterocycles. The van der Waals surface area contributed by atoms with E-state index in [-0.39, 0.29) is 11.8 Å². The quantitative estimate of drug-likeness (QED) is 0.616. The molecule has 0 saturated carbocycles. The van der Waals surface area contributed by atoms with Crippen LogP contribution in [-0.4, -0.2) is 33.1 Å². The molecule has 0 amide bonds. The van der Waals surface area contributed by atoms with E-state index in [0.29, 0.717) is 0 Å². The van der Waals surface area contributed by atoms with Gasteiger partial charge < -0.3 is 15.3 Å². The fourth-order valence-corrected chi connectivity index (χ4v) is 2.31. The van der Waals surface area contributed by atoms with Crippen LogP contribution in [0.15, 0.2) is 0 Å². The van der Waals surface area contributed by atoms with Gasteiger partial charge in [-0.3, -0.25) is 0 Å². The molecule has 0 radical (unpaired) electrons. The highest BCUT2D eigenvalue weighted by molar-refractivity contribution is 4.92. The largest absolute Gasteiger partial charge is 0.390 e. The molecule has 0 aliphatic heterocycles. The normalized spacial score (nSPS) is 21.0. The van der Waals surface area contributed by atoms with Gasteiger partial charge in [0.1, 0.15) is 6.10 Å². The third-order valence-corrected chi connectivity index (χ3v) is 3.83. The van der Waals surface area contributed by atoms with E-state index in [1.807, 2.05) is 20.8 Å². The van der Waals surface area contributed by atoms with Crippen LogP contribution in [0.2, 0.25) is 0 Å². The zero-order valence-corrected chi connectivity index (χ0v) is 12.0. The number of unbranched alkanes of at least 4 members (excludes halogenated alkanes) is 1. The first-order chi connectivity index (χ1) is 7.78. The molecular weight excluding hydrogens is 216 g/mol. The van der Waals surface area contributed by atoms with Crippen molar-refractivity contribution < 1.29 is 15.3 Å². The Morgan fingerprint density at radius 3 is 2.00 bits per heavy atom. The van der Waals surface area contributed by atoms with Gasteiger partial charge in [-0.15, -0.1) is 0 Å². The molecule has 4 atom stereocenters. The molecule has 0 aromatic rings. The van der Waals surface area contributed by atoms with Crippen molar-refractivity contribution in [2.24, 2.45) is 11.8 Å². The Labute approximate surface area is 106 Å². The van der Waals surface area contributed by atoms with Gasteiger partial charge in [0.05, 0.1) is 11.7 Å². The predicted octanol–water partition coefficient (Wildman–Crippen LogP) is 2.33. The topological polar surface area (TPSA) is 60.7 Å². The first kappa shape index (κ1) is 16.9. The van der Waals surface area contributed by atoms with Crippen molar-refractivity contribution in [2.75, 3.05) is 0 Å². The van der Waals surface area contributed by atoms with Crippen molar-refractivity contribution in [3.63, 3.8) is 0 Å². The Balaban J connectivity index is 4.69. The Bertz CT molecular complexity index is 202. The van der Waals surface area contributed by atoms with Crippen molar-refractivity contribution in [1.82, 2.24) is 0 Å². The summed E-state index contributed by atoms with van der Waals surface area (Å²) in [5.74, 6) is -0.0222. The molecule has 0 aromatic carbocycles. The second-order valence-corrected chi connectivity index (χ2v) is 5.65. The lowest BCUT2D eigenvalue weighted by atomic mass is 9.76. The predicted molar refractivity (Wildman–Crippen MR) is 70.8 cm³/mol. The third kappa shape index (κ3) is 4.57. The zero-order chi connectivity index (χ0) is 13.6. The second-order valence-electron chi connectivity index (χ2n) is 5.65. The molecule has 0 heterocycles. The van der Waals surface area contributed by atoms with Crippen molar-refractivity contribution >= 4 is 0 Å². The zero-order valence-electron chi connectivity index (χ0n) is 12.0. The minimum Gasteiger partial charge on any atom is -0.390 e. The number of aliphatic hydroxyl groups is 3. The van der Waals surface area contributed by atoms with Crippen molar-refractivity contribution in [2.45, 2.75) is 78.1 Å². The molecule has 0 spiro atoms. The van der Waals surface area contributed by atoms with Gasteiger partial charge in [-0.25, -0.2) is 0 Å². The molecule has 3 N–H and O–H groups in total. The first-order valence-corrected chi connectivity index (χ1v) is 6.87. The summed E-state index contributed by atoms with van der Waals surface area (Å²) in [4.78, 5) is 0. The van der Waals surface area contributed by atoms with Gasteiger partial charge in [-0.1, -0.05) is 47.0 Å². The maximum atomic E-state index is 10.5. The summed E-state index contributed by atoms with van der Waals surface area (Å²) in [7, 11) is 0. The van der Waals surface area contributed by atoms with Gasteiger partial charge in [0, 0.05) is 0 Å². The second kappa shape index (κ2) is 7.34. The van der Waals surface area contributed by atoms with Crippen LogP contribution in [0.3, 0.4) is 0 Å². The van der Waals surface area contributed by atoms with Gasteiger partial charge in [-0.2, -0.15) is 0 Å². The summed E-state index contributed by atoms with van der Waals surface area (Å²) < 4.78 is 0. The first-order valence-electron chi connectivity index (χ1n) is 6.87. The Kier molecular flexibility index (Phi) is 7.29. The van der Waals surface area contributed by atoms with Crippen LogP contribution in [0.4, 0.5) is 0 Å². The molecule has 104 valence electrons. The summed E-state index contributed by atoms with van der Waals surface area (Å²) >= 11 is 0. The molecule has 0 aliphatic carbocycles. The van der Waals surface area contributed by atoms with Gasteiger partial charge in [0.2, 0.25) is 0 Å². The van der Waals surface area contributed by atoms with Gasteiger partial charge in [0.25, 0.3) is 0 Å². The van der Waals surface area contributed by atoms with Crippen LogP contribution in [0.1, 0.15) is 60.3 Å². The van der Waals surface area contributed by atoms with Crippen molar-refractivity contribution in [3.05, 3.63) is 0 Å². The highest BCUT2D eigenvalue weighted by Gasteiger charge is 2.41. The molecule has 0 fully saturated rings. The molecule has 0 aliphatic rings. The summed E-state index contributed by atoms with van der Waals surface area (Å²) in [5, 5.41) is 30.5. The average Bonchev–Trinajstić information content (AvgIpc) is 2.27. The van der Waals surface area contributed by atoms with Crippen LogP contribution in [0, 0.1) is 11.8 Å². The monoisotopic (exact) mass is 246 g/mol. The number of rotatable bonds is 8. The Morgan fingerprint density at radius 1 is 1.12 bits per heavy atom. The molecular formula is C14H30O3. The minimum absolute atomic E-state index is 0.0332. The van der Waals surface area contributed by atoms with Crippen LogP contribution in [-0.2, 0) is 0 Å². The molecule has 17 heavy (non-hydrogen) atoms. The third-order valence-electron chi connectivity index (χ3n) is 3.83. The maximum absolute atomic E-state index is 10.5. The van der Waals surface area contributed by atoms with E-state index in [1.54, 1.807) is 6.92 Å². The lowest BCUT2D eigenvalue weighted by Crippen LogP contribution is -2.53. The van der Waals surface area contributed by atoms with Gasteiger partial charge in [0.15, 0.2) is 0 Å². The fourth-order valence-electron chi connectivity index (χ4n) is 2.31. The maximum Gasteiger partial charge on any atom is 0.109 e. The summed E-state index contributed by atoms with van der Waals surface area (Å²) in [6, 6.07) is 0. The molecule has 4 unspecified atom stereocenters. The molecule has 0 aromatic heterocycles. The van der Waals surface area contributed by atoms with Crippen LogP contribution in [0.5, 0.6) is 0 Å². The average molecular weight is 246 g/mol. The Morgan fingerprint density at radius 2 is 1.65 bits per heavy atom. The van der Waals surface area contributed by atoms with E-state index in [9.17, 15) is 15.3 Å². The van der Waals surface area contributed by atoms with E-state index in [0.717, 1.165) is 25.7 Å². The smallest absolute Gasteiger partial charge is 0.109 e. The molecule has 3 nitrogen and oxygen atoms in total. The highest BCUT2D eigenvalue weighted by atomic mass is 16.4. The fraction of sp³-hybridized carbons (Fsp3) is 1.00. The summed E-state index contributed by atoms with van der Waals surface area (Å²) in [6.07, 6.45) is 1.87. The Hall–Kier alpha value is -0.120. The van der Waals surface area contributed by atoms with E-state index in [2.05, 4.69) is 6.92 Å². The lowest BCUT2D eigenvalue weighted by molar-refractivity contribution is -0.155. The van der Waals surface area contributed by atoms with E-state index >= 15 is 0 Å². The summed E-state index contributed by atoms with van der Waals surface area (Å²) in [5.41, 5.74) is -1.21. The molecule has 0 bridgehead atoms. The number of hydrogen-bond donors (Lipinski definition) is 3. The standard InChI is InChI=1S/C14H30O3/c1-6-8-9-11(7-2)14(5,17)13(16)12(15)10(3)4/h10-13,15-17H,6-9H2,1-5H3. The number of hydrogen-bond acceptors (Lipinski definition) is 3. The number of aliphatic hydroxyl groups excluding tert-OH is 2. The van der Waals surface area contributed by atoms with E-state index < -0.39 is 17.8 Å². The van der Waals surface area contributed by atoms with Crippen LogP contribution >= 0.6 is 0 Å². The SMILES string of the molecule is CCCCC(CC)C(C)(O)C(O)C(O)C(C)C. The molecule has 0 rings (SSSR count). The lowest BCUT2D eigenvalue weighted by Gasteiger charge is -2.39. The molecule has 3 heteroatoms. The van der Waals surface area contributed by atoms with Crippen LogP contribution in [0.25, 0.3) is 0 Å². The van der Waals surface area contributed by atoms with E-state index in [1.165, 1.54) is 0 Å². The van der Waals surface area contributed by atoms with E-state index in [4.69, 9.17) is 0 Å². The minimum atomic E-state index is -1.21. The van der Waals surface area contributed by atoms with Gasteiger partial charge in [-0.05, 0) is 25.2 Å². The van der Waals surface area contributed by atoms with Crippen molar-refractivity contribution in [1.29, 1.82) is 0 Å². The summed E-state index contributed by atoms with van der Waals surface area (Å²) in [6.45, 7) is 9.46. The van der Waals surface area contributed by atoms with Crippen molar-refractivity contribution in [3.8, 4) is 0 Å². The highest BCUT2D eigenvalue weighted by Crippen LogP contribution is 2.31. The van der Waals surface area contributed by atoms with Crippen LogP contribution < -0.4 is 0 Å².